The molecule has 4 nitrogen and oxygen atoms in total. The minimum Gasteiger partial charge on any atom is -0.395 e. The molecule has 1 aliphatic heterocycles. The van der Waals surface area contributed by atoms with E-state index in [1.165, 1.54) is 10.4 Å². The third-order valence-corrected chi connectivity index (χ3v) is 5.41. The van der Waals surface area contributed by atoms with Gasteiger partial charge in [-0.15, -0.1) is 0 Å². The number of hydrogen-bond acceptors (Lipinski definition) is 3. The lowest BCUT2D eigenvalue weighted by atomic mass is 10.2. The molecule has 0 spiro atoms. The summed E-state index contributed by atoms with van der Waals surface area (Å²) < 4.78 is 26.1. The van der Waals surface area contributed by atoms with Gasteiger partial charge in [0, 0.05) is 12.6 Å². The first kappa shape index (κ1) is 12.8. The number of halogens is 1. The van der Waals surface area contributed by atoms with E-state index in [0.717, 1.165) is 6.42 Å². The van der Waals surface area contributed by atoms with Crippen LogP contribution in [0.25, 0.3) is 0 Å². The van der Waals surface area contributed by atoms with Crippen molar-refractivity contribution < 1.29 is 13.5 Å². The Labute approximate surface area is 106 Å². The second kappa shape index (κ2) is 4.94. The zero-order valence-corrected chi connectivity index (χ0v) is 10.8. The van der Waals surface area contributed by atoms with E-state index in [-0.39, 0.29) is 22.6 Å². The van der Waals surface area contributed by atoms with Gasteiger partial charge in [-0.1, -0.05) is 23.7 Å². The van der Waals surface area contributed by atoms with Crippen molar-refractivity contribution in [2.45, 2.75) is 23.8 Å². The van der Waals surface area contributed by atoms with E-state index in [1.807, 2.05) is 0 Å². The van der Waals surface area contributed by atoms with Crippen LogP contribution in [-0.4, -0.2) is 37.0 Å². The molecule has 0 saturated carbocycles. The molecular formula is C11H14ClNO3S. The molecule has 1 aliphatic rings. The lowest BCUT2D eigenvalue weighted by Gasteiger charge is -2.22. The molecule has 6 heteroatoms. The molecule has 0 radical (unpaired) electrons. The van der Waals surface area contributed by atoms with Gasteiger partial charge in [-0.2, -0.15) is 4.31 Å². The Morgan fingerprint density at radius 2 is 2.12 bits per heavy atom. The normalized spacial score (nSPS) is 21.9. The van der Waals surface area contributed by atoms with Gasteiger partial charge in [0.25, 0.3) is 0 Å². The number of sulfonamides is 1. The molecule has 1 aromatic carbocycles. The number of nitrogens with zero attached hydrogens (tertiary/aromatic N) is 1. The topological polar surface area (TPSA) is 57.6 Å². The second-order valence-electron chi connectivity index (χ2n) is 4.02. The van der Waals surface area contributed by atoms with Crippen LogP contribution in [0.3, 0.4) is 0 Å². The second-order valence-corrected chi connectivity index (χ2v) is 6.29. The van der Waals surface area contributed by atoms with Gasteiger partial charge in [-0.3, -0.25) is 0 Å². The fourth-order valence-electron chi connectivity index (χ4n) is 2.09. The largest absolute Gasteiger partial charge is 0.395 e. The lowest BCUT2D eigenvalue weighted by Crippen LogP contribution is -2.37. The standard InChI is InChI=1S/C11H14ClNO3S/c12-10-5-1-2-6-11(10)17(15,16)13-7-3-4-9(13)8-14/h1-2,5-6,9,14H,3-4,7-8H2/t9-/m0/s1. The van der Waals surface area contributed by atoms with E-state index in [2.05, 4.69) is 0 Å². The number of aliphatic hydroxyl groups excluding tert-OH is 1. The molecule has 0 aromatic heterocycles. The molecule has 1 saturated heterocycles. The zero-order valence-electron chi connectivity index (χ0n) is 9.21. The molecule has 1 fully saturated rings. The minimum atomic E-state index is -3.59. The Bertz CT molecular complexity index is 503. The van der Waals surface area contributed by atoms with Gasteiger partial charge in [0.15, 0.2) is 0 Å². The van der Waals surface area contributed by atoms with Crippen LogP contribution in [0.1, 0.15) is 12.8 Å². The van der Waals surface area contributed by atoms with Gasteiger partial charge >= 0.3 is 0 Å². The van der Waals surface area contributed by atoms with Crippen LogP contribution in [0.5, 0.6) is 0 Å². The van der Waals surface area contributed by atoms with Gasteiger partial charge in [0.1, 0.15) is 4.90 Å². The van der Waals surface area contributed by atoms with Crippen molar-refractivity contribution in [3.05, 3.63) is 29.3 Å². The van der Waals surface area contributed by atoms with Crippen LogP contribution in [0.15, 0.2) is 29.2 Å². The van der Waals surface area contributed by atoms with Crippen molar-refractivity contribution in [1.82, 2.24) is 4.31 Å². The van der Waals surface area contributed by atoms with Gasteiger partial charge in [-0.25, -0.2) is 8.42 Å². The molecule has 94 valence electrons. The highest BCUT2D eigenvalue weighted by molar-refractivity contribution is 7.89. The van der Waals surface area contributed by atoms with Crippen molar-refractivity contribution >= 4 is 21.6 Å². The number of hydrogen-bond donors (Lipinski definition) is 1. The lowest BCUT2D eigenvalue weighted by molar-refractivity contribution is 0.213. The van der Waals surface area contributed by atoms with E-state index in [0.29, 0.717) is 13.0 Å². The summed E-state index contributed by atoms with van der Waals surface area (Å²) in [5.74, 6) is 0. The molecule has 0 bridgehead atoms. The molecule has 0 unspecified atom stereocenters. The Kier molecular flexibility index (Phi) is 3.73. The Hall–Kier alpha value is -0.620. The van der Waals surface area contributed by atoms with Crippen LogP contribution < -0.4 is 0 Å². The summed E-state index contributed by atoms with van der Waals surface area (Å²) in [4.78, 5) is 0.113. The van der Waals surface area contributed by atoms with E-state index < -0.39 is 10.0 Å². The summed E-state index contributed by atoms with van der Waals surface area (Å²) in [5.41, 5.74) is 0. The first-order valence-corrected chi connectivity index (χ1v) is 7.26. The maximum absolute atomic E-state index is 12.4. The SMILES string of the molecule is O=S(=O)(c1ccccc1Cl)N1CCC[C@H]1CO. The van der Waals surface area contributed by atoms with E-state index in [1.54, 1.807) is 18.2 Å². The summed E-state index contributed by atoms with van der Waals surface area (Å²) >= 11 is 5.91. The third-order valence-electron chi connectivity index (χ3n) is 2.96. The predicted octanol–water partition coefficient (Wildman–Crippen LogP) is 1.49. The van der Waals surface area contributed by atoms with E-state index in [4.69, 9.17) is 11.6 Å². The van der Waals surface area contributed by atoms with Crippen molar-refractivity contribution in [2.75, 3.05) is 13.2 Å². The van der Waals surface area contributed by atoms with Crippen molar-refractivity contribution in [2.24, 2.45) is 0 Å². The maximum atomic E-state index is 12.4. The van der Waals surface area contributed by atoms with Crippen LogP contribution in [0.2, 0.25) is 5.02 Å². The molecule has 2 rings (SSSR count). The van der Waals surface area contributed by atoms with Gasteiger partial charge in [0.05, 0.1) is 11.6 Å². The summed E-state index contributed by atoms with van der Waals surface area (Å²) in [6.45, 7) is 0.294. The van der Waals surface area contributed by atoms with Gasteiger partial charge in [-0.05, 0) is 25.0 Å². The number of benzene rings is 1. The monoisotopic (exact) mass is 275 g/mol. The van der Waals surface area contributed by atoms with Crippen LogP contribution >= 0.6 is 11.6 Å². The van der Waals surface area contributed by atoms with Crippen LogP contribution in [0.4, 0.5) is 0 Å². The third kappa shape index (κ3) is 2.33. The van der Waals surface area contributed by atoms with Crippen molar-refractivity contribution in [1.29, 1.82) is 0 Å². The zero-order chi connectivity index (χ0) is 12.5. The molecule has 1 atom stereocenters. The summed E-state index contributed by atoms with van der Waals surface area (Å²) in [6, 6.07) is 6.05. The minimum absolute atomic E-state index is 0.113. The van der Waals surface area contributed by atoms with Crippen molar-refractivity contribution in [3.63, 3.8) is 0 Å². The predicted molar refractivity (Wildman–Crippen MR) is 65.5 cm³/mol. The summed E-state index contributed by atoms with van der Waals surface area (Å²) in [7, 11) is -3.59. The van der Waals surface area contributed by atoms with Gasteiger partial charge in [0.2, 0.25) is 10.0 Å². The molecule has 0 aliphatic carbocycles. The molecular weight excluding hydrogens is 262 g/mol. The Morgan fingerprint density at radius 1 is 1.41 bits per heavy atom. The van der Waals surface area contributed by atoms with E-state index >= 15 is 0 Å². The van der Waals surface area contributed by atoms with Crippen molar-refractivity contribution in [3.8, 4) is 0 Å². The Morgan fingerprint density at radius 3 is 2.76 bits per heavy atom. The molecule has 1 aromatic rings. The summed E-state index contributed by atoms with van der Waals surface area (Å²) in [5, 5.41) is 9.40. The van der Waals surface area contributed by atoms with Gasteiger partial charge < -0.3 is 5.11 Å². The quantitative estimate of drug-likeness (QED) is 0.909. The molecule has 1 N–H and O–H groups in total. The summed E-state index contributed by atoms with van der Waals surface area (Å²) in [6.07, 6.45) is 1.47. The average Bonchev–Trinajstić information content (AvgIpc) is 2.78. The van der Waals surface area contributed by atoms with Crippen LogP contribution in [0, 0.1) is 0 Å². The fourth-order valence-corrected chi connectivity index (χ4v) is 4.27. The van der Waals surface area contributed by atoms with Crippen LogP contribution in [-0.2, 0) is 10.0 Å². The molecule has 1 heterocycles. The molecule has 17 heavy (non-hydrogen) atoms. The smallest absolute Gasteiger partial charge is 0.244 e. The highest BCUT2D eigenvalue weighted by Crippen LogP contribution is 2.29. The number of aliphatic hydroxyl groups is 1. The Balaban J connectivity index is 2.40. The van der Waals surface area contributed by atoms with E-state index in [9.17, 15) is 13.5 Å². The number of rotatable bonds is 3. The highest BCUT2D eigenvalue weighted by atomic mass is 35.5. The molecule has 0 amide bonds. The first-order chi connectivity index (χ1) is 8.07. The maximum Gasteiger partial charge on any atom is 0.244 e. The average molecular weight is 276 g/mol. The fraction of sp³-hybridized carbons (Fsp3) is 0.455. The highest BCUT2D eigenvalue weighted by Gasteiger charge is 2.35. The first-order valence-electron chi connectivity index (χ1n) is 5.44.